The molecule has 0 aromatic heterocycles. The fourth-order valence-corrected chi connectivity index (χ4v) is 8.53. The first-order valence-electron chi connectivity index (χ1n) is 13.4. The second-order valence-corrected chi connectivity index (χ2v) is 13.0. The number of ketones is 3. The first-order chi connectivity index (χ1) is 18.6. The average Bonchev–Trinajstić information content (AvgIpc) is 3.19. The summed E-state index contributed by atoms with van der Waals surface area (Å²) >= 11 is -1.22. The summed E-state index contributed by atoms with van der Waals surface area (Å²) in [5, 5.41) is 7.58. The summed E-state index contributed by atoms with van der Waals surface area (Å²) in [6.45, 7) is 3.92. The predicted molar refractivity (Wildman–Crippen MR) is 125 cm³/mol. The fourth-order valence-electron chi connectivity index (χ4n) is 8.14. The summed E-state index contributed by atoms with van der Waals surface area (Å²) in [6, 6.07) is 0. The number of carbonyl (C=O) groups is 4. The van der Waals surface area contributed by atoms with Gasteiger partial charge in [-0.1, -0.05) is 13.8 Å². The summed E-state index contributed by atoms with van der Waals surface area (Å²) in [7, 11) is 0. The number of hydrogen-bond acceptors (Lipinski definition) is 9. The highest BCUT2D eigenvalue weighted by Gasteiger charge is 2.65. The third-order valence-electron chi connectivity index (χ3n) is 10.3. The number of rotatable bonds is 9. The Balaban J connectivity index is 1.40. The van der Waals surface area contributed by atoms with Gasteiger partial charge in [0, 0.05) is 43.4 Å². The highest BCUT2D eigenvalue weighted by molar-refractivity contribution is 7.95. The van der Waals surface area contributed by atoms with Crippen LogP contribution >= 0.6 is 12.0 Å². The third-order valence-corrected chi connectivity index (χ3v) is 10.9. The van der Waals surface area contributed by atoms with E-state index >= 15 is 0 Å². The van der Waals surface area contributed by atoms with Crippen molar-refractivity contribution in [1.82, 2.24) is 0 Å². The molecule has 0 bridgehead atoms. The lowest BCUT2D eigenvalue weighted by molar-refractivity contribution is -0.777. The number of esters is 1. The Morgan fingerprint density at radius 3 is 2.42 bits per heavy atom. The van der Waals surface area contributed by atoms with Gasteiger partial charge in [0.2, 0.25) is 0 Å². The molecule has 4 saturated carbocycles. The van der Waals surface area contributed by atoms with Crippen LogP contribution in [0.15, 0.2) is 0 Å². The van der Waals surface area contributed by atoms with Gasteiger partial charge in [-0.15, -0.1) is 0 Å². The predicted octanol–water partition coefficient (Wildman–Crippen LogP) is 4.68. The maximum Gasteiger partial charge on any atom is 0.432 e. The number of ether oxygens (including phenoxy) is 1. The van der Waals surface area contributed by atoms with Crippen molar-refractivity contribution in [2.75, 3.05) is 0 Å². The normalized spacial score (nSPS) is 37.0. The molecule has 0 saturated heterocycles. The van der Waals surface area contributed by atoms with Crippen molar-refractivity contribution in [3.63, 3.8) is 0 Å². The van der Waals surface area contributed by atoms with Crippen LogP contribution in [0, 0.1) is 40.4 Å². The highest BCUT2D eigenvalue weighted by Crippen LogP contribution is 2.65. The SMILES string of the molecule is CC12CCC(=O)CC1CC(=O)C1C2CC(=O)C2(C)C(CCCC(=O)OC(C(F)(F)F)C(F)(F)SOO[O-])CCC12. The van der Waals surface area contributed by atoms with E-state index in [9.17, 15) is 46.4 Å². The van der Waals surface area contributed by atoms with Crippen LogP contribution in [0.2, 0.25) is 0 Å². The lowest BCUT2D eigenvalue weighted by atomic mass is 9.44. The van der Waals surface area contributed by atoms with E-state index in [4.69, 9.17) is 0 Å². The molecule has 8 unspecified atom stereocenters. The van der Waals surface area contributed by atoms with Crippen molar-refractivity contribution in [2.24, 2.45) is 40.4 Å². The van der Waals surface area contributed by atoms with Crippen molar-refractivity contribution in [3.05, 3.63) is 0 Å². The zero-order chi connectivity index (χ0) is 29.7. The Hall–Kier alpha value is -1.64. The van der Waals surface area contributed by atoms with Gasteiger partial charge in [0.1, 0.15) is 29.4 Å². The molecule has 4 aliphatic rings. The zero-order valence-corrected chi connectivity index (χ0v) is 22.9. The Kier molecular flexibility index (Phi) is 8.78. The van der Waals surface area contributed by atoms with Crippen LogP contribution in [0.25, 0.3) is 0 Å². The number of hydrogen-bond donors (Lipinski definition) is 0. The summed E-state index contributed by atoms with van der Waals surface area (Å²) in [5.74, 6) is -2.21. The molecule has 226 valence electrons. The minimum absolute atomic E-state index is 0.00745. The van der Waals surface area contributed by atoms with E-state index in [0.29, 0.717) is 38.5 Å². The number of halogens is 5. The van der Waals surface area contributed by atoms with Crippen LogP contribution in [-0.4, -0.2) is 40.9 Å². The lowest BCUT2D eigenvalue weighted by Crippen LogP contribution is -2.59. The monoisotopic (exact) mass is 599 g/mol. The van der Waals surface area contributed by atoms with Gasteiger partial charge in [0.05, 0.1) is 0 Å². The summed E-state index contributed by atoms with van der Waals surface area (Å²) in [6.07, 6.45) is -6.66. The van der Waals surface area contributed by atoms with Crippen LogP contribution in [0.4, 0.5) is 22.0 Å². The number of Topliss-reactive ketones (excluding diaryl/α,β-unsaturated/α-hetero) is 3. The zero-order valence-electron chi connectivity index (χ0n) is 22.1. The van der Waals surface area contributed by atoms with E-state index < -0.39 is 47.4 Å². The minimum Gasteiger partial charge on any atom is -0.691 e. The van der Waals surface area contributed by atoms with Crippen molar-refractivity contribution in [3.8, 4) is 0 Å². The van der Waals surface area contributed by atoms with E-state index in [-0.39, 0.29) is 71.6 Å². The fraction of sp³-hybridized carbons (Fsp3) is 0.846. The van der Waals surface area contributed by atoms with E-state index in [1.807, 2.05) is 6.92 Å². The van der Waals surface area contributed by atoms with Gasteiger partial charge in [-0.25, -0.2) is 0 Å². The summed E-state index contributed by atoms with van der Waals surface area (Å²) < 4.78 is 74.4. The smallest absolute Gasteiger partial charge is 0.432 e. The maximum absolute atomic E-state index is 13.8. The molecule has 0 heterocycles. The molecule has 4 rings (SSSR count). The second kappa shape index (κ2) is 11.2. The van der Waals surface area contributed by atoms with E-state index in [2.05, 4.69) is 21.0 Å². The first-order valence-corrected chi connectivity index (χ1v) is 14.2. The van der Waals surface area contributed by atoms with Crippen molar-refractivity contribution < 1.29 is 60.5 Å². The number of alkyl halides is 5. The molecule has 0 aromatic rings. The molecule has 0 aromatic carbocycles. The van der Waals surface area contributed by atoms with Crippen LogP contribution in [0.5, 0.6) is 0 Å². The van der Waals surface area contributed by atoms with Gasteiger partial charge >= 0.3 is 17.4 Å². The first kappa shape index (κ1) is 31.3. The van der Waals surface area contributed by atoms with Gasteiger partial charge in [-0.05, 0) is 61.2 Å². The third kappa shape index (κ3) is 5.57. The largest absolute Gasteiger partial charge is 0.691 e. The Bertz CT molecular complexity index is 1040. The van der Waals surface area contributed by atoms with E-state index in [1.54, 1.807) is 0 Å². The lowest BCUT2D eigenvalue weighted by Gasteiger charge is -2.58. The molecule has 40 heavy (non-hydrogen) atoms. The molecule has 0 N–H and O–H groups in total. The van der Waals surface area contributed by atoms with Gasteiger partial charge in [0.25, 0.3) is 6.10 Å². The number of carbonyl (C=O) groups excluding carboxylic acids is 4. The summed E-state index contributed by atoms with van der Waals surface area (Å²) in [5.41, 5.74) is -1.12. The van der Waals surface area contributed by atoms with Crippen LogP contribution in [0.3, 0.4) is 0 Å². The van der Waals surface area contributed by atoms with E-state index in [0.717, 1.165) is 0 Å². The molecular weight excluding hydrogens is 567 g/mol. The molecule has 4 fully saturated rings. The molecule has 0 amide bonds. The van der Waals surface area contributed by atoms with Crippen molar-refractivity contribution >= 4 is 35.4 Å². The second-order valence-electron chi connectivity index (χ2n) is 12.1. The minimum atomic E-state index is -5.65. The van der Waals surface area contributed by atoms with Gasteiger partial charge in [0.15, 0.2) is 0 Å². The van der Waals surface area contributed by atoms with Crippen LogP contribution in [0.1, 0.15) is 78.1 Å². The van der Waals surface area contributed by atoms with E-state index in [1.165, 1.54) is 0 Å². The highest BCUT2D eigenvalue weighted by atomic mass is 32.2. The topological polar surface area (TPSA) is 119 Å². The van der Waals surface area contributed by atoms with Crippen LogP contribution in [-0.2, 0) is 33.3 Å². The standard InChI is InChI=1S/C26H33F5O8S/c1-23-9-8-15(32)10-14(23)11-18(33)21-16-7-6-13(24(16,2)19(34)12-17(21)23)4-3-5-20(35)37-22(25(27,28)29)26(30,31)40-39-38-36/h13-14,16-17,21-22,36H,3-12H2,1-2H3/p-1. The van der Waals surface area contributed by atoms with Gasteiger partial charge < -0.3 is 9.99 Å². The maximum atomic E-state index is 13.8. The molecule has 4 aliphatic carbocycles. The molecule has 0 spiro atoms. The molecule has 0 radical (unpaired) electrons. The molecular formula is C26H32F5O8S-. The van der Waals surface area contributed by atoms with Crippen LogP contribution < -0.4 is 5.26 Å². The molecule has 14 heteroatoms. The van der Waals surface area contributed by atoms with Crippen molar-refractivity contribution in [1.29, 1.82) is 0 Å². The molecule has 8 nitrogen and oxygen atoms in total. The molecule has 0 aliphatic heterocycles. The van der Waals surface area contributed by atoms with Gasteiger partial charge in [-0.2, -0.15) is 26.3 Å². The Morgan fingerprint density at radius 2 is 1.77 bits per heavy atom. The number of fused-ring (bicyclic) bond motifs is 5. The Labute approximate surface area is 232 Å². The average molecular weight is 600 g/mol. The Morgan fingerprint density at radius 1 is 1.07 bits per heavy atom. The molecule has 8 atom stereocenters. The van der Waals surface area contributed by atoms with Gasteiger partial charge in [-0.3, -0.25) is 24.2 Å². The van der Waals surface area contributed by atoms with Crippen molar-refractivity contribution in [2.45, 2.75) is 95.6 Å². The quantitative estimate of drug-likeness (QED) is 0.122. The summed E-state index contributed by atoms with van der Waals surface area (Å²) in [4.78, 5) is 51.3.